The van der Waals surface area contributed by atoms with Gasteiger partial charge in [0.15, 0.2) is 23.9 Å². The standard InChI is InChI=1S/C21H18N2O5/c1-14-22-21(23-28-14)13-27-17-6-2-15(3-7-17)4-8-18(24)16-5-9-19-20(12-16)26-11-10-25-19/h2-9,12H,10-11,13H2,1H3/b8-4+. The molecule has 7 nitrogen and oxygen atoms in total. The molecule has 1 aromatic heterocycles. The molecular formula is C21H18N2O5. The number of aromatic nitrogens is 2. The topological polar surface area (TPSA) is 83.7 Å². The minimum absolute atomic E-state index is 0.107. The molecule has 142 valence electrons. The lowest BCUT2D eigenvalue weighted by Gasteiger charge is -2.18. The zero-order valence-electron chi connectivity index (χ0n) is 15.3. The van der Waals surface area contributed by atoms with Crippen LogP contribution in [0, 0.1) is 6.92 Å². The van der Waals surface area contributed by atoms with Gasteiger partial charge in [-0.25, -0.2) is 0 Å². The van der Waals surface area contributed by atoms with Gasteiger partial charge in [-0.05, 0) is 42.0 Å². The average Bonchev–Trinajstić information content (AvgIpc) is 3.16. The van der Waals surface area contributed by atoms with E-state index in [9.17, 15) is 4.79 Å². The van der Waals surface area contributed by atoms with Crippen molar-refractivity contribution in [3.05, 3.63) is 71.4 Å². The molecule has 3 aromatic rings. The van der Waals surface area contributed by atoms with Crippen LogP contribution in [-0.4, -0.2) is 29.1 Å². The van der Waals surface area contributed by atoms with Gasteiger partial charge in [0.2, 0.25) is 11.7 Å². The summed E-state index contributed by atoms with van der Waals surface area (Å²) >= 11 is 0. The third-order valence-corrected chi connectivity index (χ3v) is 4.07. The molecule has 0 atom stereocenters. The minimum atomic E-state index is -0.107. The molecule has 0 amide bonds. The van der Waals surface area contributed by atoms with Gasteiger partial charge in [0.25, 0.3) is 0 Å². The molecule has 0 fully saturated rings. The molecule has 2 heterocycles. The van der Waals surface area contributed by atoms with Crippen molar-refractivity contribution in [1.82, 2.24) is 10.1 Å². The van der Waals surface area contributed by atoms with E-state index < -0.39 is 0 Å². The number of ether oxygens (including phenoxy) is 3. The van der Waals surface area contributed by atoms with E-state index in [0.717, 1.165) is 5.56 Å². The van der Waals surface area contributed by atoms with Crippen molar-refractivity contribution in [3.63, 3.8) is 0 Å². The van der Waals surface area contributed by atoms with Gasteiger partial charge in [0, 0.05) is 12.5 Å². The second-order valence-electron chi connectivity index (χ2n) is 6.14. The smallest absolute Gasteiger partial charge is 0.223 e. The van der Waals surface area contributed by atoms with E-state index in [1.54, 1.807) is 31.2 Å². The van der Waals surface area contributed by atoms with Crippen LogP contribution >= 0.6 is 0 Å². The Morgan fingerprint density at radius 1 is 1.11 bits per heavy atom. The molecule has 2 aromatic carbocycles. The maximum atomic E-state index is 12.4. The Labute approximate surface area is 161 Å². The summed E-state index contributed by atoms with van der Waals surface area (Å²) in [6, 6.07) is 12.6. The number of ketones is 1. The lowest BCUT2D eigenvalue weighted by molar-refractivity contribution is 0.104. The number of fused-ring (bicyclic) bond motifs is 1. The van der Waals surface area contributed by atoms with Crippen LogP contribution in [0.5, 0.6) is 17.2 Å². The number of hydrogen-bond acceptors (Lipinski definition) is 7. The van der Waals surface area contributed by atoms with Gasteiger partial charge in [0.1, 0.15) is 19.0 Å². The summed E-state index contributed by atoms with van der Waals surface area (Å²) < 4.78 is 21.5. The monoisotopic (exact) mass is 378 g/mol. The molecular weight excluding hydrogens is 360 g/mol. The van der Waals surface area contributed by atoms with E-state index in [-0.39, 0.29) is 12.4 Å². The first-order chi connectivity index (χ1) is 13.7. The Hall–Kier alpha value is -3.61. The van der Waals surface area contributed by atoms with Gasteiger partial charge in [-0.15, -0.1) is 0 Å². The predicted molar refractivity (Wildman–Crippen MR) is 101 cm³/mol. The maximum absolute atomic E-state index is 12.4. The highest BCUT2D eigenvalue weighted by Crippen LogP contribution is 2.31. The summed E-state index contributed by atoms with van der Waals surface area (Å²) in [6.45, 7) is 2.97. The highest BCUT2D eigenvalue weighted by atomic mass is 16.6. The summed E-state index contributed by atoms with van der Waals surface area (Å²) in [5, 5.41) is 3.78. The molecule has 28 heavy (non-hydrogen) atoms. The highest BCUT2D eigenvalue weighted by molar-refractivity contribution is 6.07. The normalized spacial score (nSPS) is 12.9. The van der Waals surface area contributed by atoms with Crippen molar-refractivity contribution < 1.29 is 23.5 Å². The summed E-state index contributed by atoms with van der Waals surface area (Å²) in [5.41, 5.74) is 1.43. The summed E-state index contributed by atoms with van der Waals surface area (Å²) in [7, 11) is 0. The molecule has 4 rings (SSSR count). The van der Waals surface area contributed by atoms with Crippen LogP contribution < -0.4 is 14.2 Å². The zero-order chi connectivity index (χ0) is 19.3. The number of nitrogens with zero attached hydrogens (tertiary/aromatic N) is 2. The van der Waals surface area contributed by atoms with Gasteiger partial charge in [-0.3, -0.25) is 4.79 Å². The van der Waals surface area contributed by atoms with Crippen LogP contribution in [-0.2, 0) is 6.61 Å². The Balaban J connectivity index is 1.37. The zero-order valence-corrected chi connectivity index (χ0v) is 15.3. The van der Waals surface area contributed by atoms with E-state index in [2.05, 4.69) is 10.1 Å². The fraction of sp³-hybridized carbons (Fsp3) is 0.190. The van der Waals surface area contributed by atoms with Crippen LogP contribution in [0.25, 0.3) is 6.08 Å². The van der Waals surface area contributed by atoms with E-state index in [0.29, 0.717) is 47.7 Å². The van der Waals surface area contributed by atoms with Crippen LogP contribution in [0.15, 0.2) is 53.1 Å². The van der Waals surface area contributed by atoms with Gasteiger partial charge in [0.05, 0.1) is 0 Å². The van der Waals surface area contributed by atoms with Crippen molar-refractivity contribution in [2.45, 2.75) is 13.5 Å². The summed E-state index contributed by atoms with van der Waals surface area (Å²) in [4.78, 5) is 16.5. The van der Waals surface area contributed by atoms with Gasteiger partial charge in [-0.2, -0.15) is 4.98 Å². The van der Waals surface area contributed by atoms with Crippen molar-refractivity contribution >= 4 is 11.9 Å². The molecule has 0 unspecified atom stereocenters. The fourth-order valence-electron chi connectivity index (χ4n) is 2.69. The highest BCUT2D eigenvalue weighted by Gasteiger charge is 2.13. The molecule has 7 heteroatoms. The quantitative estimate of drug-likeness (QED) is 0.478. The number of hydrogen-bond donors (Lipinski definition) is 0. The molecule has 0 radical (unpaired) electrons. The predicted octanol–water partition coefficient (Wildman–Crippen LogP) is 3.62. The number of carbonyl (C=O) groups excluding carboxylic acids is 1. The Morgan fingerprint density at radius 3 is 2.64 bits per heavy atom. The van der Waals surface area contributed by atoms with E-state index in [1.165, 1.54) is 6.08 Å². The SMILES string of the molecule is Cc1nc(COc2ccc(/C=C/C(=O)c3ccc4c(c3)OCCO4)cc2)no1. The lowest BCUT2D eigenvalue weighted by Crippen LogP contribution is -2.15. The molecule has 0 N–H and O–H groups in total. The third-order valence-electron chi connectivity index (χ3n) is 4.07. The molecule has 0 saturated heterocycles. The maximum Gasteiger partial charge on any atom is 0.223 e. The fourth-order valence-corrected chi connectivity index (χ4v) is 2.69. The molecule has 1 aliphatic heterocycles. The number of rotatable bonds is 6. The van der Waals surface area contributed by atoms with Crippen LogP contribution in [0.4, 0.5) is 0 Å². The van der Waals surface area contributed by atoms with Crippen LogP contribution in [0.2, 0.25) is 0 Å². The molecule has 1 aliphatic rings. The van der Waals surface area contributed by atoms with E-state index >= 15 is 0 Å². The first-order valence-corrected chi connectivity index (χ1v) is 8.81. The van der Waals surface area contributed by atoms with Crippen LogP contribution in [0.1, 0.15) is 27.6 Å². The van der Waals surface area contributed by atoms with Crippen molar-refractivity contribution in [1.29, 1.82) is 0 Å². The van der Waals surface area contributed by atoms with Crippen molar-refractivity contribution in [2.24, 2.45) is 0 Å². The van der Waals surface area contributed by atoms with Gasteiger partial charge < -0.3 is 18.7 Å². The van der Waals surface area contributed by atoms with E-state index in [4.69, 9.17) is 18.7 Å². The third kappa shape index (κ3) is 4.20. The molecule has 0 spiro atoms. The lowest BCUT2D eigenvalue weighted by atomic mass is 10.1. The number of allylic oxidation sites excluding steroid dienone is 1. The van der Waals surface area contributed by atoms with Crippen molar-refractivity contribution in [2.75, 3.05) is 13.2 Å². The largest absolute Gasteiger partial charge is 0.486 e. The first kappa shape index (κ1) is 17.8. The Morgan fingerprint density at radius 2 is 1.89 bits per heavy atom. The second kappa shape index (κ2) is 7.96. The molecule has 0 bridgehead atoms. The van der Waals surface area contributed by atoms with Gasteiger partial charge in [-0.1, -0.05) is 23.4 Å². The summed E-state index contributed by atoms with van der Waals surface area (Å²) in [5.74, 6) is 2.83. The van der Waals surface area contributed by atoms with Crippen molar-refractivity contribution in [3.8, 4) is 17.2 Å². The van der Waals surface area contributed by atoms with Gasteiger partial charge >= 0.3 is 0 Å². The Bertz CT molecular complexity index is 1010. The van der Waals surface area contributed by atoms with Crippen LogP contribution in [0.3, 0.4) is 0 Å². The number of carbonyl (C=O) groups is 1. The molecule has 0 saturated carbocycles. The number of aryl methyl sites for hydroxylation is 1. The van der Waals surface area contributed by atoms with E-state index in [1.807, 2.05) is 24.3 Å². The second-order valence-corrected chi connectivity index (χ2v) is 6.14. The number of benzene rings is 2. The summed E-state index contributed by atoms with van der Waals surface area (Å²) in [6.07, 6.45) is 3.29. The first-order valence-electron chi connectivity index (χ1n) is 8.81. The minimum Gasteiger partial charge on any atom is -0.486 e. The average molecular weight is 378 g/mol. The molecule has 0 aliphatic carbocycles. The Kier molecular flexibility index (Phi) is 5.05.